The van der Waals surface area contributed by atoms with Crippen molar-refractivity contribution >= 4 is 6.03 Å². The fourth-order valence-corrected chi connectivity index (χ4v) is 2.20. The van der Waals surface area contributed by atoms with Crippen LogP contribution in [0.5, 0.6) is 0 Å². The second-order valence-electron chi connectivity index (χ2n) is 4.70. The van der Waals surface area contributed by atoms with Gasteiger partial charge in [-0.2, -0.15) is 0 Å². The van der Waals surface area contributed by atoms with Gasteiger partial charge in [0.25, 0.3) is 0 Å². The highest BCUT2D eigenvalue weighted by Crippen LogP contribution is 2.26. The summed E-state index contributed by atoms with van der Waals surface area (Å²) in [5.41, 5.74) is 6.04. The maximum Gasteiger partial charge on any atom is 0.314 e. The highest BCUT2D eigenvalue weighted by atomic mass is 16.2. The summed E-state index contributed by atoms with van der Waals surface area (Å²) in [4.78, 5) is 11.4. The SMILES string of the molecule is CCCCNC(=O)NCC(N)C1CCCC1. The van der Waals surface area contributed by atoms with Crippen molar-refractivity contribution in [3.05, 3.63) is 0 Å². The molecule has 0 radical (unpaired) electrons. The quantitative estimate of drug-likeness (QED) is 0.603. The molecule has 4 nitrogen and oxygen atoms in total. The molecule has 4 heteroatoms. The fraction of sp³-hybridized carbons (Fsp3) is 0.917. The van der Waals surface area contributed by atoms with Gasteiger partial charge in [0.15, 0.2) is 0 Å². The predicted octanol–water partition coefficient (Wildman–Crippen LogP) is 1.60. The second-order valence-corrected chi connectivity index (χ2v) is 4.70. The molecule has 0 aromatic heterocycles. The summed E-state index contributed by atoms with van der Waals surface area (Å²) in [5.74, 6) is 0.607. The minimum absolute atomic E-state index is 0.0816. The van der Waals surface area contributed by atoms with Gasteiger partial charge < -0.3 is 16.4 Å². The van der Waals surface area contributed by atoms with Crippen LogP contribution in [0.3, 0.4) is 0 Å². The maximum atomic E-state index is 11.4. The number of carbonyl (C=O) groups is 1. The van der Waals surface area contributed by atoms with Crippen molar-refractivity contribution in [2.45, 2.75) is 51.5 Å². The molecule has 0 aromatic carbocycles. The Morgan fingerprint density at radius 1 is 1.38 bits per heavy atom. The first-order valence-electron chi connectivity index (χ1n) is 6.51. The van der Waals surface area contributed by atoms with Crippen molar-refractivity contribution in [1.82, 2.24) is 10.6 Å². The smallest absolute Gasteiger partial charge is 0.314 e. The van der Waals surface area contributed by atoms with Gasteiger partial charge in [0.1, 0.15) is 0 Å². The lowest BCUT2D eigenvalue weighted by Gasteiger charge is -2.19. The van der Waals surface area contributed by atoms with E-state index in [-0.39, 0.29) is 12.1 Å². The number of hydrogen-bond acceptors (Lipinski definition) is 2. The van der Waals surface area contributed by atoms with Gasteiger partial charge in [-0.1, -0.05) is 26.2 Å². The average Bonchev–Trinajstić information content (AvgIpc) is 2.79. The van der Waals surface area contributed by atoms with Crippen molar-refractivity contribution in [1.29, 1.82) is 0 Å². The highest BCUT2D eigenvalue weighted by Gasteiger charge is 2.21. The molecule has 1 unspecified atom stereocenters. The van der Waals surface area contributed by atoms with Crippen molar-refractivity contribution in [2.24, 2.45) is 11.7 Å². The lowest BCUT2D eigenvalue weighted by molar-refractivity contribution is 0.238. The van der Waals surface area contributed by atoms with E-state index in [1.807, 2.05) is 0 Å². The molecule has 1 aliphatic rings. The van der Waals surface area contributed by atoms with Gasteiger partial charge in [0.2, 0.25) is 0 Å². The third kappa shape index (κ3) is 4.84. The summed E-state index contributed by atoms with van der Waals surface area (Å²) >= 11 is 0. The van der Waals surface area contributed by atoms with E-state index in [1.165, 1.54) is 25.7 Å². The molecule has 2 amide bonds. The molecular formula is C12H25N3O. The van der Waals surface area contributed by atoms with Gasteiger partial charge in [0.05, 0.1) is 0 Å². The maximum absolute atomic E-state index is 11.4. The van der Waals surface area contributed by atoms with Crippen molar-refractivity contribution < 1.29 is 4.79 Å². The van der Waals surface area contributed by atoms with E-state index >= 15 is 0 Å². The Kier molecular flexibility index (Phi) is 6.23. The molecule has 1 rings (SSSR count). The van der Waals surface area contributed by atoms with Crippen LogP contribution in [0.4, 0.5) is 4.79 Å². The van der Waals surface area contributed by atoms with Crippen LogP contribution in [0, 0.1) is 5.92 Å². The Balaban J connectivity index is 2.06. The Morgan fingerprint density at radius 3 is 2.69 bits per heavy atom. The molecule has 1 saturated carbocycles. The first kappa shape index (κ1) is 13.3. The molecule has 1 aliphatic carbocycles. The zero-order valence-electron chi connectivity index (χ0n) is 10.3. The van der Waals surface area contributed by atoms with Crippen LogP contribution in [0.1, 0.15) is 45.4 Å². The first-order chi connectivity index (χ1) is 7.74. The number of rotatable bonds is 6. The molecule has 1 atom stereocenters. The lowest BCUT2D eigenvalue weighted by atomic mass is 9.99. The average molecular weight is 227 g/mol. The molecule has 0 saturated heterocycles. The summed E-state index contributed by atoms with van der Waals surface area (Å²) in [6.07, 6.45) is 7.16. The van der Waals surface area contributed by atoms with Gasteiger partial charge >= 0.3 is 6.03 Å². The summed E-state index contributed by atoms with van der Waals surface area (Å²) in [5, 5.41) is 5.67. The normalized spacial score (nSPS) is 18.4. The Morgan fingerprint density at radius 2 is 2.06 bits per heavy atom. The van der Waals surface area contributed by atoms with Crippen LogP contribution in [0.15, 0.2) is 0 Å². The second kappa shape index (κ2) is 7.49. The highest BCUT2D eigenvalue weighted by molar-refractivity contribution is 5.73. The predicted molar refractivity (Wildman–Crippen MR) is 66.2 cm³/mol. The van der Waals surface area contributed by atoms with Crippen LogP contribution in [0.2, 0.25) is 0 Å². The summed E-state index contributed by atoms with van der Waals surface area (Å²) < 4.78 is 0. The molecule has 16 heavy (non-hydrogen) atoms. The number of unbranched alkanes of at least 4 members (excludes halogenated alkanes) is 1. The standard InChI is InChI=1S/C12H25N3O/c1-2-3-8-14-12(16)15-9-11(13)10-6-4-5-7-10/h10-11H,2-9,13H2,1H3,(H2,14,15,16). The largest absolute Gasteiger partial charge is 0.338 e. The molecule has 0 bridgehead atoms. The van der Waals surface area contributed by atoms with E-state index in [0.29, 0.717) is 12.5 Å². The van der Waals surface area contributed by atoms with Gasteiger partial charge in [0, 0.05) is 19.1 Å². The molecule has 0 aliphatic heterocycles. The number of carbonyl (C=O) groups excluding carboxylic acids is 1. The summed E-state index contributed by atoms with van der Waals surface area (Å²) in [6, 6.07) is 0.0429. The van der Waals surface area contributed by atoms with E-state index < -0.39 is 0 Å². The monoisotopic (exact) mass is 227 g/mol. The topological polar surface area (TPSA) is 67.2 Å². The zero-order valence-corrected chi connectivity index (χ0v) is 10.3. The summed E-state index contributed by atoms with van der Waals surface area (Å²) in [6.45, 7) is 3.46. The number of amides is 2. The van der Waals surface area contributed by atoms with Crippen molar-refractivity contribution in [3.63, 3.8) is 0 Å². The van der Waals surface area contributed by atoms with E-state index in [1.54, 1.807) is 0 Å². The van der Waals surface area contributed by atoms with Crippen LogP contribution in [-0.2, 0) is 0 Å². The molecular weight excluding hydrogens is 202 g/mol. The molecule has 0 aromatic rings. The van der Waals surface area contributed by atoms with E-state index in [4.69, 9.17) is 5.73 Å². The number of nitrogens with one attached hydrogen (secondary N) is 2. The van der Waals surface area contributed by atoms with Gasteiger partial charge in [-0.3, -0.25) is 0 Å². The zero-order chi connectivity index (χ0) is 11.8. The van der Waals surface area contributed by atoms with Crippen LogP contribution in [0.25, 0.3) is 0 Å². The van der Waals surface area contributed by atoms with Crippen molar-refractivity contribution in [3.8, 4) is 0 Å². The van der Waals surface area contributed by atoms with Crippen molar-refractivity contribution in [2.75, 3.05) is 13.1 Å². The first-order valence-corrected chi connectivity index (χ1v) is 6.51. The molecule has 1 fully saturated rings. The lowest BCUT2D eigenvalue weighted by Crippen LogP contribution is -2.45. The Labute approximate surface area is 98.3 Å². The fourth-order valence-electron chi connectivity index (χ4n) is 2.20. The van der Waals surface area contributed by atoms with E-state index in [0.717, 1.165) is 19.4 Å². The van der Waals surface area contributed by atoms with Crippen LogP contribution < -0.4 is 16.4 Å². The molecule has 0 spiro atoms. The minimum atomic E-state index is -0.0816. The third-order valence-electron chi connectivity index (χ3n) is 3.32. The van der Waals surface area contributed by atoms with Crippen LogP contribution >= 0.6 is 0 Å². The molecule has 94 valence electrons. The van der Waals surface area contributed by atoms with Crippen LogP contribution in [-0.4, -0.2) is 25.2 Å². The number of nitrogens with two attached hydrogens (primary N) is 1. The Hall–Kier alpha value is -0.770. The minimum Gasteiger partial charge on any atom is -0.338 e. The van der Waals surface area contributed by atoms with E-state index in [2.05, 4.69) is 17.6 Å². The molecule has 0 heterocycles. The number of hydrogen-bond donors (Lipinski definition) is 3. The van der Waals surface area contributed by atoms with Gasteiger partial charge in [-0.15, -0.1) is 0 Å². The summed E-state index contributed by atoms with van der Waals surface area (Å²) in [7, 11) is 0. The molecule has 4 N–H and O–H groups in total. The van der Waals surface area contributed by atoms with Gasteiger partial charge in [-0.05, 0) is 25.2 Å². The Bertz CT molecular complexity index is 202. The van der Waals surface area contributed by atoms with Gasteiger partial charge in [-0.25, -0.2) is 4.79 Å². The van der Waals surface area contributed by atoms with E-state index in [9.17, 15) is 4.79 Å². The number of urea groups is 1. The third-order valence-corrected chi connectivity index (χ3v) is 3.32.